The number of hydrogen-bond acceptors (Lipinski definition) is 5. The fourth-order valence-electron chi connectivity index (χ4n) is 3.38. The monoisotopic (exact) mass is 387 g/mol. The minimum absolute atomic E-state index is 0.00370. The lowest BCUT2D eigenvalue weighted by Gasteiger charge is -2.36. The number of carbonyl (C=O) groups is 1. The number of rotatable bonds is 4. The molecule has 1 aromatic heterocycles. The summed E-state index contributed by atoms with van der Waals surface area (Å²) in [5.41, 5.74) is 1.68. The van der Waals surface area contributed by atoms with Crippen LogP contribution in [0.4, 0.5) is 5.69 Å². The van der Waals surface area contributed by atoms with Crippen molar-refractivity contribution >= 4 is 23.2 Å². The Kier molecular flexibility index (Phi) is 5.45. The minimum Gasteiger partial charge on any atom is -0.472 e. The first-order valence-electron chi connectivity index (χ1n) is 9.19. The molecule has 4 rings (SSSR count). The molecule has 2 aliphatic heterocycles. The van der Waals surface area contributed by atoms with E-state index in [1.165, 1.54) is 0 Å². The molecule has 7 heteroatoms. The van der Waals surface area contributed by atoms with Crippen molar-refractivity contribution in [3.63, 3.8) is 0 Å². The molecule has 0 spiro atoms. The van der Waals surface area contributed by atoms with Gasteiger partial charge in [-0.25, -0.2) is 4.98 Å². The summed E-state index contributed by atoms with van der Waals surface area (Å²) in [6.07, 6.45) is 2.52. The second kappa shape index (κ2) is 8.15. The van der Waals surface area contributed by atoms with E-state index in [2.05, 4.69) is 9.88 Å². The Morgan fingerprint density at radius 2 is 2.04 bits per heavy atom. The van der Waals surface area contributed by atoms with Gasteiger partial charge >= 0.3 is 0 Å². The molecular weight excluding hydrogens is 366 g/mol. The van der Waals surface area contributed by atoms with Crippen LogP contribution in [0.3, 0.4) is 0 Å². The van der Waals surface area contributed by atoms with E-state index in [4.69, 9.17) is 21.1 Å². The van der Waals surface area contributed by atoms with Gasteiger partial charge in [-0.2, -0.15) is 0 Å². The van der Waals surface area contributed by atoms with Crippen LogP contribution in [0.25, 0.3) is 0 Å². The van der Waals surface area contributed by atoms with Gasteiger partial charge < -0.3 is 19.3 Å². The quantitative estimate of drug-likeness (QED) is 0.807. The first-order valence-corrected chi connectivity index (χ1v) is 9.57. The van der Waals surface area contributed by atoms with Crippen LogP contribution in [0.5, 0.6) is 5.88 Å². The smallest absolute Gasteiger partial charge is 0.255 e. The molecule has 2 fully saturated rings. The van der Waals surface area contributed by atoms with Crippen molar-refractivity contribution < 1.29 is 14.3 Å². The Morgan fingerprint density at radius 3 is 2.70 bits per heavy atom. The predicted octanol–water partition coefficient (Wildman–Crippen LogP) is 2.87. The average Bonchev–Trinajstić information content (AvgIpc) is 3.21. The molecule has 1 amide bonds. The number of anilines is 1. The van der Waals surface area contributed by atoms with Crippen molar-refractivity contribution in [2.24, 2.45) is 0 Å². The average molecular weight is 388 g/mol. The summed E-state index contributed by atoms with van der Waals surface area (Å²) in [6, 6.07) is 11.4. The first kappa shape index (κ1) is 18.1. The summed E-state index contributed by atoms with van der Waals surface area (Å²) >= 11 is 6.07. The molecule has 1 atom stereocenters. The molecule has 0 saturated carbocycles. The van der Waals surface area contributed by atoms with E-state index in [-0.39, 0.29) is 12.0 Å². The predicted molar refractivity (Wildman–Crippen MR) is 104 cm³/mol. The number of amides is 1. The van der Waals surface area contributed by atoms with Crippen LogP contribution in [0.1, 0.15) is 16.8 Å². The molecule has 0 radical (unpaired) electrons. The molecular formula is C20H22ClN3O3. The van der Waals surface area contributed by atoms with Crippen molar-refractivity contribution in [2.75, 3.05) is 44.3 Å². The normalized spacial score (nSPS) is 20.0. The maximum Gasteiger partial charge on any atom is 0.255 e. The molecule has 142 valence electrons. The Morgan fingerprint density at radius 1 is 1.19 bits per heavy atom. The van der Waals surface area contributed by atoms with Crippen LogP contribution in [0.15, 0.2) is 42.6 Å². The van der Waals surface area contributed by atoms with E-state index >= 15 is 0 Å². The Balaban J connectivity index is 1.33. The fraction of sp³-hybridized carbons (Fsp3) is 0.400. The van der Waals surface area contributed by atoms with Crippen molar-refractivity contribution in [1.29, 1.82) is 0 Å². The van der Waals surface area contributed by atoms with Gasteiger partial charge in [0.1, 0.15) is 6.10 Å². The van der Waals surface area contributed by atoms with Crippen LogP contribution in [-0.4, -0.2) is 61.3 Å². The Bertz CT molecular complexity index is 785. The van der Waals surface area contributed by atoms with Crippen LogP contribution < -0.4 is 9.64 Å². The highest BCUT2D eigenvalue weighted by molar-refractivity contribution is 6.30. The van der Waals surface area contributed by atoms with Crippen molar-refractivity contribution in [1.82, 2.24) is 9.88 Å². The maximum absolute atomic E-state index is 12.7. The maximum atomic E-state index is 12.7. The van der Waals surface area contributed by atoms with Crippen LogP contribution in [-0.2, 0) is 4.74 Å². The number of hydrogen-bond donors (Lipinski definition) is 0. The summed E-state index contributed by atoms with van der Waals surface area (Å²) in [5, 5.41) is 0.726. The zero-order valence-electron chi connectivity index (χ0n) is 15.0. The summed E-state index contributed by atoms with van der Waals surface area (Å²) in [6.45, 7) is 4.22. The summed E-state index contributed by atoms with van der Waals surface area (Å²) in [7, 11) is 0. The number of nitrogens with zero attached hydrogens (tertiary/aromatic N) is 3. The standard InChI is InChI=1S/C20H22ClN3O3/c21-16-2-1-3-17(12-16)23-7-9-24(10-8-23)20(25)15-4-5-19(22-13-15)27-18-6-11-26-14-18/h1-5,12-13,18H,6-11,14H2. The molecule has 6 nitrogen and oxygen atoms in total. The van der Waals surface area contributed by atoms with Gasteiger partial charge in [0.15, 0.2) is 0 Å². The number of aromatic nitrogens is 1. The molecule has 27 heavy (non-hydrogen) atoms. The number of pyridine rings is 1. The van der Waals surface area contributed by atoms with Crippen LogP contribution >= 0.6 is 11.6 Å². The molecule has 3 heterocycles. The van der Waals surface area contributed by atoms with E-state index in [1.54, 1.807) is 18.3 Å². The number of halogens is 1. The van der Waals surface area contributed by atoms with Gasteiger partial charge in [-0.05, 0) is 24.3 Å². The zero-order chi connectivity index (χ0) is 18.6. The van der Waals surface area contributed by atoms with Crippen molar-refractivity contribution in [3.05, 3.63) is 53.2 Å². The molecule has 2 aliphatic rings. The first-order chi connectivity index (χ1) is 13.2. The highest BCUT2D eigenvalue weighted by atomic mass is 35.5. The van der Waals surface area contributed by atoms with E-state index < -0.39 is 0 Å². The summed E-state index contributed by atoms with van der Waals surface area (Å²) in [5.74, 6) is 0.539. The minimum atomic E-state index is 0.00370. The topological polar surface area (TPSA) is 54.9 Å². The zero-order valence-corrected chi connectivity index (χ0v) is 15.8. The Hall–Kier alpha value is -2.31. The summed E-state index contributed by atoms with van der Waals surface area (Å²) in [4.78, 5) is 21.1. The van der Waals surface area contributed by atoms with E-state index in [9.17, 15) is 4.79 Å². The van der Waals surface area contributed by atoms with Gasteiger partial charge in [0.25, 0.3) is 5.91 Å². The molecule has 0 bridgehead atoms. The van der Waals surface area contributed by atoms with Gasteiger partial charge in [0.2, 0.25) is 5.88 Å². The third-order valence-corrected chi connectivity index (χ3v) is 5.13. The SMILES string of the molecule is O=C(c1ccc(OC2CCOC2)nc1)N1CCN(c2cccc(Cl)c2)CC1. The van der Waals surface area contributed by atoms with Gasteiger partial charge in [-0.15, -0.1) is 0 Å². The second-order valence-electron chi connectivity index (χ2n) is 6.75. The van der Waals surface area contributed by atoms with E-state index in [0.717, 1.165) is 36.8 Å². The third-order valence-electron chi connectivity index (χ3n) is 4.90. The number of benzene rings is 1. The second-order valence-corrected chi connectivity index (χ2v) is 7.18. The van der Waals surface area contributed by atoms with Crippen molar-refractivity contribution in [2.45, 2.75) is 12.5 Å². The van der Waals surface area contributed by atoms with Gasteiger partial charge in [0, 0.05) is 55.6 Å². The highest BCUT2D eigenvalue weighted by Crippen LogP contribution is 2.21. The molecule has 1 unspecified atom stereocenters. The lowest BCUT2D eigenvalue weighted by molar-refractivity contribution is 0.0746. The number of carbonyl (C=O) groups excluding carboxylic acids is 1. The molecule has 1 aromatic carbocycles. The van der Waals surface area contributed by atoms with Gasteiger partial charge in [-0.1, -0.05) is 17.7 Å². The molecule has 2 aromatic rings. The van der Waals surface area contributed by atoms with Crippen LogP contribution in [0, 0.1) is 0 Å². The van der Waals surface area contributed by atoms with Crippen molar-refractivity contribution in [3.8, 4) is 5.88 Å². The lowest BCUT2D eigenvalue weighted by atomic mass is 10.2. The molecule has 2 saturated heterocycles. The molecule has 0 aliphatic carbocycles. The van der Waals surface area contributed by atoms with Gasteiger partial charge in [0.05, 0.1) is 18.8 Å². The fourth-order valence-corrected chi connectivity index (χ4v) is 3.56. The highest BCUT2D eigenvalue weighted by Gasteiger charge is 2.23. The number of piperazine rings is 1. The number of ether oxygens (including phenoxy) is 2. The van der Waals surface area contributed by atoms with Gasteiger partial charge in [-0.3, -0.25) is 4.79 Å². The lowest BCUT2D eigenvalue weighted by Crippen LogP contribution is -2.48. The van der Waals surface area contributed by atoms with E-state index in [0.29, 0.717) is 31.1 Å². The van der Waals surface area contributed by atoms with Crippen LogP contribution in [0.2, 0.25) is 5.02 Å². The third kappa shape index (κ3) is 4.34. The molecule has 0 N–H and O–H groups in total. The largest absolute Gasteiger partial charge is 0.472 e. The van der Waals surface area contributed by atoms with E-state index in [1.807, 2.05) is 29.2 Å². The summed E-state index contributed by atoms with van der Waals surface area (Å²) < 4.78 is 11.0. The Labute approximate surface area is 163 Å².